The second kappa shape index (κ2) is 5.61. The van der Waals surface area contributed by atoms with Gasteiger partial charge in [-0.2, -0.15) is 0 Å². The fourth-order valence-electron chi connectivity index (χ4n) is 2.53. The molecule has 0 bridgehead atoms. The Morgan fingerprint density at radius 2 is 1.68 bits per heavy atom. The molecule has 0 spiro atoms. The molecule has 1 aromatic rings. The monoisotopic (exact) mass is 263 g/mol. The Balaban J connectivity index is 2.07. The molecule has 4 nitrogen and oxygen atoms in total. The first kappa shape index (κ1) is 13.9. The topological polar surface area (TPSA) is 29.5 Å². The van der Waals surface area contributed by atoms with Gasteiger partial charge in [0.15, 0.2) is 0 Å². The number of likely N-dealkylation sites (tertiary alicyclic amines) is 1. The van der Waals surface area contributed by atoms with Gasteiger partial charge in [0.25, 0.3) is 0 Å². The van der Waals surface area contributed by atoms with E-state index >= 15 is 0 Å². The van der Waals surface area contributed by atoms with Crippen molar-refractivity contribution in [1.82, 2.24) is 9.38 Å². The van der Waals surface area contributed by atoms with E-state index in [2.05, 4.69) is 19.2 Å². The van der Waals surface area contributed by atoms with Crippen molar-refractivity contribution in [3.05, 3.63) is 24.3 Å². The predicted octanol–water partition coefficient (Wildman–Crippen LogP) is 2.87. The molecule has 1 amide bonds. The maximum Gasteiger partial charge on any atom is 0.414 e. The lowest BCUT2D eigenvalue weighted by Gasteiger charge is -2.37. The Kier molecular flexibility index (Phi) is 4.10. The van der Waals surface area contributed by atoms with E-state index in [9.17, 15) is 4.79 Å². The number of quaternary nitrogens is 1. The van der Waals surface area contributed by atoms with Gasteiger partial charge in [-0.15, -0.1) is 0 Å². The van der Waals surface area contributed by atoms with Gasteiger partial charge in [-0.1, -0.05) is 0 Å². The van der Waals surface area contributed by atoms with Crippen LogP contribution < -0.4 is 9.22 Å². The normalized spacial score (nSPS) is 17.8. The molecule has 0 atom stereocenters. The third kappa shape index (κ3) is 3.26. The number of hydrogen-bond donors (Lipinski definition) is 0. The van der Waals surface area contributed by atoms with E-state index in [4.69, 9.17) is 4.74 Å². The molecule has 1 saturated heterocycles. The minimum atomic E-state index is -0.342. The lowest BCUT2D eigenvalue weighted by Crippen LogP contribution is -2.48. The van der Waals surface area contributed by atoms with Crippen LogP contribution in [0.15, 0.2) is 24.3 Å². The van der Waals surface area contributed by atoms with Crippen molar-refractivity contribution < 1.29 is 9.53 Å². The summed E-state index contributed by atoms with van der Waals surface area (Å²) in [7, 11) is 5.63. The van der Waals surface area contributed by atoms with E-state index in [0.717, 1.165) is 4.48 Å². The van der Waals surface area contributed by atoms with Gasteiger partial charge in [0.2, 0.25) is 0 Å². The Hall–Kier alpha value is -1.55. The van der Waals surface area contributed by atoms with Gasteiger partial charge in [0.05, 0.1) is 20.1 Å². The minimum Gasteiger partial charge on any atom is -0.410 e. The van der Waals surface area contributed by atoms with Crippen molar-refractivity contribution >= 4 is 11.8 Å². The Bertz CT molecular complexity index is 434. The van der Waals surface area contributed by atoms with Gasteiger partial charge in [-0.3, -0.25) is 4.48 Å². The van der Waals surface area contributed by atoms with Gasteiger partial charge in [0, 0.05) is 26.2 Å². The molecular formula is C15H23N2O2+. The molecule has 1 aliphatic heterocycles. The summed E-state index contributed by atoms with van der Waals surface area (Å²) in [5, 5.41) is 0. The Labute approximate surface area is 115 Å². The van der Waals surface area contributed by atoms with E-state index in [1.807, 2.05) is 12.1 Å². The average Bonchev–Trinajstić information content (AvgIpc) is 2.40. The van der Waals surface area contributed by atoms with Crippen LogP contribution in [0.25, 0.3) is 0 Å². The van der Waals surface area contributed by atoms with E-state index in [0.29, 0.717) is 5.75 Å². The molecule has 0 N–H and O–H groups in total. The first-order valence-electron chi connectivity index (χ1n) is 6.86. The van der Waals surface area contributed by atoms with Crippen molar-refractivity contribution in [3.63, 3.8) is 0 Å². The van der Waals surface area contributed by atoms with Gasteiger partial charge < -0.3 is 9.64 Å². The van der Waals surface area contributed by atoms with Crippen molar-refractivity contribution in [1.29, 1.82) is 0 Å². The molecule has 4 heteroatoms. The zero-order valence-corrected chi connectivity index (χ0v) is 12.1. The Morgan fingerprint density at radius 1 is 1.11 bits per heavy atom. The highest BCUT2D eigenvalue weighted by Gasteiger charge is 2.27. The molecule has 0 saturated carbocycles. The molecule has 0 unspecified atom stereocenters. The maximum atomic E-state index is 11.5. The quantitative estimate of drug-likeness (QED) is 0.768. The number of nitrogens with zero attached hydrogens (tertiary/aromatic N) is 2. The smallest absolute Gasteiger partial charge is 0.410 e. The molecule has 1 aliphatic rings. The first-order valence-corrected chi connectivity index (χ1v) is 6.86. The fraction of sp³-hybridized carbons (Fsp3) is 0.533. The van der Waals surface area contributed by atoms with Crippen LogP contribution in [0.3, 0.4) is 0 Å². The molecule has 19 heavy (non-hydrogen) atoms. The molecule has 2 rings (SSSR count). The average molecular weight is 263 g/mol. The molecule has 0 aliphatic carbocycles. The van der Waals surface area contributed by atoms with Crippen molar-refractivity contribution in [2.45, 2.75) is 19.3 Å². The summed E-state index contributed by atoms with van der Waals surface area (Å²) >= 11 is 0. The van der Waals surface area contributed by atoms with Gasteiger partial charge in [0.1, 0.15) is 11.4 Å². The van der Waals surface area contributed by atoms with Crippen molar-refractivity contribution in [3.8, 4) is 5.75 Å². The first-order chi connectivity index (χ1) is 9.01. The van der Waals surface area contributed by atoms with E-state index in [-0.39, 0.29) is 6.09 Å². The van der Waals surface area contributed by atoms with Crippen LogP contribution in [0.4, 0.5) is 10.5 Å². The Morgan fingerprint density at radius 3 is 2.21 bits per heavy atom. The van der Waals surface area contributed by atoms with Gasteiger partial charge >= 0.3 is 6.09 Å². The third-order valence-corrected chi connectivity index (χ3v) is 3.83. The maximum absolute atomic E-state index is 11.5. The number of benzene rings is 1. The second-order valence-corrected chi connectivity index (χ2v) is 5.66. The molecule has 1 aromatic carbocycles. The zero-order valence-electron chi connectivity index (χ0n) is 12.1. The summed E-state index contributed by atoms with van der Waals surface area (Å²) in [4.78, 5) is 12.9. The fourth-order valence-corrected chi connectivity index (χ4v) is 2.53. The molecule has 104 valence electrons. The van der Waals surface area contributed by atoms with E-state index < -0.39 is 0 Å². The highest BCUT2D eigenvalue weighted by Crippen LogP contribution is 2.28. The lowest BCUT2D eigenvalue weighted by atomic mass is 10.1. The summed E-state index contributed by atoms with van der Waals surface area (Å²) in [6.07, 6.45) is 3.57. The SMILES string of the molecule is CN(C)C(=O)Oc1ccc([N+]2(C)CCCCC2)cc1. The summed E-state index contributed by atoms with van der Waals surface area (Å²) in [5.74, 6) is 0.603. The molecule has 1 heterocycles. The zero-order chi connectivity index (χ0) is 13.9. The third-order valence-electron chi connectivity index (χ3n) is 3.83. The molecule has 0 aromatic heterocycles. The van der Waals surface area contributed by atoms with Crippen LogP contribution >= 0.6 is 0 Å². The van der Waals surface area contributed by atoms with Crippen LogP contribution in [-0.2, 0) is 0 Å². The number of carbonyl (C=O) groups excluding carboxylic acids is 1. The molecule has 1 fully saturated rings. The summed E-state index contributed by atoms with van der Waals surface area (Å²) in [6.45, 7) is 2.38. The molecule has 0 radical (unpaired) electrons. The van der Waals surface area contributed by atoms with Crippen LogP contribution in [0, 0.1) is 0 Å². The summed E-state index contributed by atoms with van der Waals surface area (Å²) < 4.78 is 6.22. The van der Waals surface area contributed by atoms with Crippen LogP contribution in [-0.4, -0.2) is 45.2 Å². The van der Waals surface area contributed by atoms with E-state index in [1.165, 1.54) is 42.9 Å². The van der Waals surface area contributed by atoms with Gasteiger partial charge in [-0.25, -0.2) is 4.79 Å². The summed E-state index contributed by atoms with van der Waals surface area (Å²) in [6, 6.07) is 7.91. The number of carbonyl (C=O) groups is 1. The van der Waals surface area contributed by atoms with Crippen LogP contribution in [0.5, 0.6) is 5.75 Å². The number of piperidine rings is 1. The van der Waals surface area contributed by atoms with Gasteiger partial charge in [-0.05, 0) is 31.4 Å². The van der Waals surface area contributed by atoms with Crippen LogP contribution in [0.2, 0.25) is 0 Å². The standard InChI is InChI=1S/C15H23N2O2/c1-16(2)15(18)19-14-9-7-13(8-10-14)17(3)11-5-4-6-12-17/h7-10H,4-6,11-12H2,1-3H3/q+1. The number of hydrogen-bond acceptors (Lipinski definition) is 2. The lowest BCUT2D eigenvalue weighted by molar-refractivity contribution is 0.172. The second-order valence-electron chi connectivity index (χ2n) is 5.66. The minimum absolute atomic E-state index is 0.342. The largest absolute Gasteiger partial charge is 0.414 e. The van der Waals surface area contributed by atoms with E-state index in [1.54, 1.807) is 14.1 Å². The highest BCUT2D eigenvalue weighted by molar-refractivity contribution is 5.70. The highest BCUT2D eigenvalue weighted by atomic mass is 16.6. The predicted molar refractivity (Wildman–Crippen MR) is 77.5 cm³/mol. The van der Waals surface area contributed by atoms with Crippen LogP contribution in [0.1, 0.15) is 19.3 Å². The number of rotatable bonds is 2. The van der Waals surface area contributed by atoms with Crippen molar-refractivity contribution in [2.24, 2.45) is 0 Å². The summed E-state index contributed by atoms with van der Waals surface area (Å²) in [5.41, 5.74) is 1.30. The van der Waals surface area contributed by atoms with Crippen molar-refractivity contribution in [2.75, 3.05) is 34.2 Å². The number of ether oxygens (including phenoxy) is 1. The number of amides is 1. The molecular weight excluding hydrogens is 240 g/mol.